The van der Waals surface area contributed by atoms with Crippen LogP contribution < -0.4 is 5.32 Å². The SMILES string of the molecule is CCCCP(=O)(O)CC(Cc1ccccc1)C(=O)N[C@@H](C)C(=O)O. The number of carboxylic acids is 1. The first-order chi connectivity index (χ1) is 11.2. The number of carboxylic acid groups (broad SMARTS) is 1. The third kappa shape index (κ3) is 7.28. The van der Waals surface area contributed by atoms with Crippen LogP contribution in [0.15, 0.2) is 30.3 Å². The van der Waals surface area contributed by atoms with Gasteiger partial charge in [0.2, 0.25) is 13.3 Å². The van der Waals surface area contributed by atoms with Crippen LogP contribution in [0.25, 0.3) is 0 Å². The van der Waals surface area contributed by atoms with Crippen LogP contribution in [-0.4, -0.2) is 40.2 Å². The zero-order chi connectivity index (χ0) is 18.2. The Balaban J connectivity index is 2.88. The molecule has 0 saturated carbocycles. The molecule has 3 N–H and O–H groups in total. The molecule has 134 valence electrons. The quantitative estimate of drug-likeness (QED) is 0.560. The summed E-state index contributed by atoms with van der Waals surface area (Å²) >= 11 is 0. The van der Waals surface area contributed by atoms with Gasteiger partial charge < -0.3 is 15.3 Å². The van der Waals surface area contributed by atoms with Crippen molar-refractivity contribution in [2.45, 2.75) is 39.2 Å². The van der Waals surface area contributed by atoms with Gasteiger partial charge in [0.25, 0.3) is 0 Å². The summed E-state index contributed by atoms with van der Waals surface area (Å²) in [5.41, 5.74) is 0.871. The number of aliphatic carboxylic acids is 1. The number of unbranched alkanes of at least 4 members (excludes halogenated alkanes) is 1. The Bertz CT molecular complexity index is 590. The molecule has 0 radical (unpaired) electrons. The van der Waals surface area contributed by atoms with Gasteiger partial charge in [-0.25, -0.2) is 0 Å². The van der Waals surface area contributed by atoms with Gasteiger partial charge in [-0.2, -0.15) is 0 Å². The summed E-state index contributed by atoms with van der Waals surface area (Å²) in [4.78, 5) is 33.5. The predicted molar refractivity (Wildman–Crippen MR) is 93.3 cm³/mol. The van der Waals surface area contributed by atoms with E-state index < -0.39 is 31.2 Å². The highest BCUT2D eigenvalue weighted by Gasteiger charge is 2.30. The fourth-order valence-electron chi connectivity index (χ4n) is 2.37. The zero-order valence-corrected chi connectivity index (χ0v) is 15.0. The fraction of sp³-hybridized carbons (Fsp3) is 0.529. The summed E-state index contributed by atoms with van der Waals surface area (Å²) in [7, 11) is -3.43. The van der Waals surface area contributed by atoms with E-state index in [1.165, 1.54) is 6.92 Å². The molecule has 0 aliphatic heterocycles. The van der Waals surface area contributed by atoms with Crippen LogP contribution in [0.4, 0.5) is 0 Å². The van der Waals surface area contributed by atoms with E-state index in [-0.39, 0.29) is 12.3 Å². The zero-order valence-electron chi connectivity index (χ0n) is 14.1. The highest BCUT2D eigenvalue weighted by Crippen LogP contribution is 2.44. The van der Waals surface area contributed by atoms with E-state index in [1.54, 1.807) is 0 Å². The Labute approximate surface area is 142 Å². The molecule has 0 aliphatic rings. The van der Waals surface area contributed by atoms with Gasteiger partial charge in [-0.1, -0.05) is 43.7 Å². The molecule has 7 heteroatoms. The van der Waals surface area contributed by atoms with E-state index in [9.17, 15) is 19.0 Å². The van der Waals surface area contributed by atoms with Crippen molar-refractivity contribution < 1.29 is 24.2 Å². The second-order valence-corrected chi connectivity index (χ2v) is 8.57. The molecule has 6 nitrogen and oxygen atoms in total. The van der Waals surface area contributed by atoms with Crippen molar-refractivity contribution in [1.29, 1.82) is 0 Å². The van der Waals surface area contributed by atoms with Gasteiger partial charge in [-0.3, -0.25) is 14.2 Å². The summed E-state index contributed by atoms with van der Waals surface area (Å²) in [6.45, 7) is 3.30. The normalized spacial score (nSPS) is 16.0. The van der Waals surface area contributed by atoms with Crippen molar-refractivity contribution in [2.75, 3.05) is 12.3 Å². The number of carbonyl (C=O) groups is 2. The molecule has 1 aromatic carbocycles. The average Bonchev–Trinajstić information content (AvgIpc) is 2.53. The molecular formula is C17H26NO5P. The Hall–Kier alpha value is -1.65. The molecule has 0 spiro atoms. The minimum Gasteiger partial charge on any atom is -0.480 e. The maximum absolute atomic E-state index is 12.4. The standard InChI is InChI=1S/C17H26NO5P/c1-3-4-10-24(22,23)12-15(11-14-8-6-5-7-9-14)16(19)18-13(2)17(20)21/h5-9,13,15H,3-4,10-12H2,1-2H3,(H,18,19)(H,20,21)(H,22,23)/t13-,15?/m0/s1. The van der Waals surface area contributed by atoms with Crippen LogP contribution >= 0.6 is 7.37 Å². The first kappa shape index (κ1) is 20.4. The van der Waals surface area contributed by atoms with E-state index in [4.69, 9.17) is 5.11 Å². The summed E-state index contributed by atoms with van der Waals surface area (Å²) in [6.07, 6.45) is 1.77. The summed E-state index contributed by atoms with van der Waals surface area (Å²) in [5.74, 6) is -2.37. The van der Waals surface area contributed by atoms with E-state index in [1.807, 2.05) is 37.3 Å². The predicted octanol–water partition coefficient (Wildman–Crippen LogP) is 2.51. The van der Waals surface area contributed by atoms with E-state index in [2.05, 4.69) is 5.32 Å². The van der Waals surface area contributed by atoms with Crippen LogP contribution in [0.3, 0.4) is 0 Å². The number of amides is 1. The molecule has 1 aromatic rings. The van der Waals surface area contributed by atoms with Crippen molar-refractivity contribution in [3.05, 3.63) is 35.9 Å². The molecule has 0 aromatic heterocycles. The summed E-state index contributed by atoms with van der Waals surface area (Å²) < 4.78 is 12.4. The van der Waals surface area contributed by atoms with Gasteiger partial charge in [-0.15, -0.1) is 0 Å². The van der Waals surface area contributed by atoms with Crippen LogP contribution in [-0.2, 0) is 20.6 Å². The van der Waals surface area contributed by atoms with Gasteiger partial charge in [0.1, 0.15) is 6.04 Å². The molecule has 0 aliphatic carbocycles. The van der Waals surface area contributed by atoms with Crippen LogP contribution in [0.2, 0.25) is 0 Å². The van der Waals surface area contributed by atoms with Crippen molar-refractivity contribution in [3.63, 3.8) is 0 Å². The highest BCUT2D eigenvalue weighted by molar-refractivity contribution is 7.58. The molecular weight excluding hydrogens is 329 g/mol. The van der Waals surface area contributed by atoms with Crippen LogP contribution in [0.5, 0.6) is 0 Å². The molecule has 0 bridgehead atoms. The van der Waals surface area contributed by atoms with E-state index >= 15 is 0 Å². The van der Waals surface area contributed by atoms with Crippen molar-refractivity contribution in [2.24, 2.45) is 5.92 Å². The number of carbonyl (C=O) groups excluding carboxylic acids is 1. The Kier molecular flexibility index (Phi) is 8.16. The van der Waals surface area contributed by atoms with E-state index in [0.29, 0.717) is 12.8 Å². The fourth-order valence-corrected chi connectivity index (χ4v) is 4.35. The number of hydrogen-bond acceptors (Lipinski definition) is 3. The Morgan fingerprint density at radius 2 is 1.88 bits per heavy atom. The van der Waals surface area contributed by atoms with Gasteiger partial charge in [0, 0.05) is 12.3 Å². The maximum atomic E-state index is 12.4. The van der Waals surface area contributed by atoms with E-state index in [0.717, 1.165) is 12.0 Å². The third-order valence-corrected chi connectivity index (χ3v) is 5.82. The number of benzene rings is 1. The van der Waals surface area contributed by atoms with Gasteiger partial charge in [-0.05, 0) is 25.3 Å². The van der Waals surface area contributed by atoms with Gasteiger partial charge in [0.05, 0.1) is 5.92 Å². The van der Waals surface area contributed by atoms with Gasteiger partial charge >= 0.3 is 5.97 Å². The highest BCUT2D eigenvalue weighted by atomic mass is 31.2. The van der Waals surface area contributed by atoms with Crippen LogP contribution in [0, 0.1) is 5.92 Å². The minimum atomic E-state index is -3.43. The first-order valence-electron chi connectivity index (χ1n) is 8.13. The average molecular weight is 355 g/mol. The lowest BCUT2D eigenvalue weighted by Gasteiger charge is -2.21. The molecule has 2 unspecified atom stereocenters. The summed E-state index contributed by atoms with van der Waals surface area (Å²) in [6, 6.07) is 8.16. The van der Waals surface area contributed by atoms with Gasteiger partial charge in [0.15, 0.2) is 0 Å². The molecule has 0 saturated heterocycles. The molecule has 1 amide bonds. The second kappa shape index (κ2) is 9.60. The van der Waals surface area contributed by atoms with Crippen LogP contribution in [0.1, 0.15) is 32.3 Å². The molecule has 0 fully saturated rings. The first-order valence-corrected chi connectivity index (χ1v) is 10.2. The summed E-state index contributed by atoms with van der Waals surface area (Å²) in [5, 5.41) is 11.3. The van der Waals surface area contributed by atoms with Crippen molar-refractivity contribution in [1.82, 2.24) is 5.32 Å². The molecule has 1 rings (SSSR count). The number of hydrogen-bond donors (Lipinski definition) is 3. The molecule has 24 heavy (non-hydrogen) atoms. The molecule has 3 atom stereocenters. The lowest BCUT2D eigenvalue weighted by atomic mass is 10.00. The lowest BCUT2D eigenvalue weighted by molar-refractivity contribution is -0.141. The third-order valence-electron chi connectivity index (χ3n) is 3.79. The topological polar surface area (TPSA) is 104 Å². The number of nitrogens with one attached hydrogen (secondary N) is 1. The lowest BCUT2D eigenvalue weighted by Crippen LogP contribution is -2.43. The number of rotatable bonds is 10. The smallest absolute Gasteiger partial charge is 0.325 e. The van der Waals surface area contributed by atoms with Crippen molar-refractivity contribution in [3.8, 4) is 0 Å². The monoisotopic (exact) mass is 355 g/mol. The minimum absolute atomic E-state index is 0.139. The molecule has 0 heterocycles. The second-order valence-electron chi connectivity index (χ2n) is 6.06. The largest absolute Gasteiger partial charge is 0.480 e. The Morgan fingerprint density at radius 1 is 1.25 bits per heavy atom. The maximum Gasteiger partial charge on any atom is 0.325 e. The Morgan fingerprint density at radius 3 is 2.42 bits per heavy atom. The van der Waals surface area contributed by atoms with Crippen molar-refractivity contribution >= 4 is 19.2 Å².